The first-order valence-electron chi connectivity index (χ1n) is 6.50. The van der Waals surface area contributed by atoms with E-state index in [0.29, 0.717) is 12.1 Å². The van der Waals surface area contributed by atoms with Crippen LogP contribution in [0.2, 0.25) is 0 Å². The smallest absolute Gasteiger partial charge is 0.243 e. The highest BCUT2D eigenvalue weighted by Crippen LogP contribution is 2.13. The molecule has 18 heavy (non-hydrogen) atoms. The van der Waals surface area contributed by atoms with Crippen LogP contribution in [0.25, 0.3) is 5.65 Å². The average molecular weight is 246 g/mol. The topological polar surface area (TPSA) is 51.5 Å². The number of aromatic nitrogens is 3. The van der Waals surface area contributed by atoms with Gasteiger partial charge in [0.25, 0.3) is 0 Å². The molecule has 96 valence electrons. The lowest BCUT2D eigenvalue weighted by Gasteiger charge is -2.22. The predicted molar refractivity (Wildman–Crippen MR) is 69.8 cm³/mol. The van der Waals surface area contributed by atoms with Gasteiger partial charge in [-0.1, -0.05) is 0 Å². The lowest BCUT2D eigenvalue weighted by molar-refractivity contribution is 0.0247. The van der Waals surface area contributed by atoms with E-state index in [1.54, 1.807) is 4.52 Å². The third kappa shape index (κ3) is 2.46. The van der Waals surface area contributed by atoms with Crippen LogP contribution in [-0.4, -0.2) is 33.9 Å². The van der Waals surface area contributed by atoms with Crippen molar-refractivity contribution >= 4 is 11.6 Å². The molecule has 2 aromatic heterocycles. The number of hydrogen-bond donors (Lipinski definition) is 1. The van der Waals surface area contributed by atoms with E-state index in [2.05, 4.69) is 22.3 Å². The SMILES string of the molecule is Cc1ccn2nc(NCC3CCCCO3)nc2c1. The zero-order valence-electron chi connectivity index (χ0n) is 10.6. The van der Waals surface area contributed by atoms with Gasteiger partial charge >= 0.3 is 0 Å². The molecule has 0 bridgehead atoms. The monoisotopic (exact) mass is 246 g/mol. The first kappa shape index (κ1) is 11.5. The second-order valence-electron chi connectivity index (χ2n) is 4.81. The maximum atomic E-state index is 5.67. The van der Waals surface area contributed by atoms with Crippen molar-refractivity contribution in [2.45, 2.75) is 32.3 Å². The average Bonchev–Trinajstić information content (AvgIpc) is 2.79. The van der Waals surface area contributed by atoms with E-state index in [-0.39, 0.29) is 0 Å². The molecule has 0 amide bonds. The summed E-state index contributed by atoms with van der Waals surface area (Å²) < 4.78 is 7.46. The summed E-state index contributed by atoms with van der Waals surface area (Å²) in [6.45, 7) is 3.72. The van der Waals surface area contributed by atoms with Crippen molar-refractivity contribution in [2.75, 3.05) is 18.5 Å². The number of aryl methyl sites for hydroxylation is 1. The Kier molecular flexibility index (Phi) is 3.15. The third-order valence-electron chi connectivity index (χ3n) is 3.25. The number of fused-ring (bicyclic) bond motifs is 1. The van der Waals surface area contributed by atoms with Crippen LogP contribution in [0.1, 0.15) is 24.8 Å². The molecular formula is C13H18N4O. The van der Waals surface area contributed by atoms with E-state index in [1.807, 2.05) is 18.3 Å². The molecule has 0 aliphatic carbocycles. The molecule has 5 heteroatoms. The summed E-state index contributed by atoms with van der Waals surface area (Å²) in [7, 11) is 0. The maximum absolute atomic E-state index is 5.67. The number of hydrogen-bond acceptors (Lipinski definition) is 4. The minimum absolute atomic E-state index is 0.298. The highest BCUT2D eigenvalue weighted by Gasteiger charge is 2.14. The summed E-state index contributed by atoms with van der Waals surface area (Å²) in [5.41, 5.74) is 2.07. The van der Waals surface area contributed by atoms with Gasteiger partial charge in [0, 0.05) is 19.3 Å². The van der Waals surface area contributed by atoms with Crippen molar-refractivity contribution in [1.82, 2.24) is 14.6 Å². The Balaban J connectivity index is 1.67. The molecule has 3 heterocycles. The Morgan fingerprint density at radius 2 is 2.44 bits per heavy atom. The number of nitrogens with one attached hydrogen (secondary N) is 1. The van der Waals surface area contributed by atoms with Gasteiger partial charge in [0.15, 0.2) is 5.65 Å². The van der Waals surface area contributed by atoms with Crippen molar-refractivity contribution in [1.29, 1.82) is 0 Å². The molecule has 1 saturated heterocycles. The van der Waals surface area contributed by atoms with Gasteiger partial charge in [0.05, 0.1) is 6.10 Å². The molecule has 3 rings (SSSR count). The summed E-state index contributed by atoms with van der Waals surface area (Å²) in [4.78, 5) is 4.44. The standard InChI is InChI=1S/C13H18N4O/c1-10-5-6-17-12(8-10)15-13(16-17)14-9-11-4-2-3-7-18-11/h5-6,8,11H,2-4,7,9H2,1H3,(H,14,16). The van der Waals surface area contributed by atoms with Crippen LogP contribution in [-0.2, 0) is 4.74 Å². The minimum atomic E-state index is 0.298. The Labute approximate surface area is 106 Å². The zero-order valence-corrected chi connectivity index (χ0v) is 10.6. The molecule has 5 nitrogen and oxygen atoms in total. The molecule has 0 radical (unpaired) electrons. The predicted octanol–water partition coefficient (Wildman–Crippen LogP) is 2.02. The normalized spacial score (nSPS) is 20.2. The van der Waals surface area contributed by atoms with Crippen molar-refractivity contribution in [2.24, 2.45) is 0 Å². The molecule has 1 N–H and O–H groups in total. The minimum Gasteiger partial charge on any atom is -0.376 e. The van der Waals surface area contributed by atoms with Gasteiger partial charge in [0.2, 0.25) is 5.95 Å². The first-order valence-corrected chi connectivity index (χ1v) is 6.50. The fourth-order valence-electron chi connectivity index (χ4n) is 2.23. The van der Waals surface area contributed by atoms with Crippen LogP contribution >= 0.6 is 0 Å². The fraction of sp³-hybridized carbons (Fsp3) is 0.538. The van der Waals surface area contributed by atoms with Crippen molar-refractivity contribution in [3.8, 4) is 0 Å². The van der Waals surface area contributed by atoms with Gasteiger partial charge < -0.3 is 10.1 Å². The van der Waals surface area contributed by atoms with Crippen LogP contribution in [0.5, 0.6) is 0 Å². The molecule has 1 aliphatic heterocycles. The van der Waals surface area contributed by atoms with Crippen molar-refractivity contribution in [3.63, 3.8) is 0 Å². The van der Waals surface area contributed by atoms with Gasteiger partial charge in [0.1, 0.15) is 0 Å². The van der Waals surface area contributed by atoms with E-state index in [0.717, 1.165) is 25.2 Å². The molecule has 0 saturated carbocycles. The lowest BCUT2D eigenvalue weighted by Crippen LogP contribution is -2.27. The Morgan fingerprint density at radius 1 is 1.50 bits per heavy atom. The van der Waals surface area contributed by atoms with Crippen LogP contribution < -0.4 is 5.32 Å². The quantitative estimate of drug-likeness (QED) is 0.900. The van der Waals surface area contributed by atoms with E-state index in [4.69, 9.17) is 4.74 Å². The summed E-state index contributed by atoms with van der Waals surface area (Å²) in [5.74, 6) is 0.676. The van der Waals surface area contributed by atoms with Crippen LogP contribution in [0, 0.1) is 6.92 Å². The van der Waals surface area contributed by atoms with E-state index >= 15 is 0 Å². The fourth-order valence-corrected chi connectivity index (χ4v) is 2.23. The number of pyridine rings is 1. The summed E-state index contributed by atoms with van der Waals surface area (Å²) in [5, 5.41) is 7.63. The summed E-state index contributed by atoms with van der Waals surface area (Å²) in [6.07, 6.45) is 5.79. The second-order valence-corrected chi connectivity index (χ2v) is 4.81. The van der Waals surface area contributed by atoms with Gasteiger partial charge in [-0.25, -0.2) is 4.52 Å². The molecule has 1 unspecified atom stereocenters. The molecule has 1 atom stereocenters. The van der Waals surface area contributed by atoms with E-state index in [1.165, 1.54) is 18.4 Å². The zero-order chi connectivity index (χ0) is 12.4. The third-order valence-corrected chi connectivity index (χ3v) is 3.25. The highest BCUT2D eigenvalue weighted by atomic mass is 16.5. The molecule has 2 aromatic rings. The Morgan fingerprint density at radius 3 is 3.28 bits per heavy atom. The maximum Gasteiger partial charge on any atom is 0.243 e. The van der Waals surface area contributed by atoms with Gasteiger partial charge in [-0.2, -0.15) is 4.98 Å². The summed E-state index contributed by atoms with van der Waals surface area (Å²) in [6, 6.07) is 4.05. The van der Waals surface area contributed by atoms with Crippen molar-refractivity contribution in [3.05, 3.63) is 23.9 Å². The first-order chi connectivity index (χ1) is 8.81. The highest BCUT2D eigenvalue weighted by molar-refractivity contribution is 5.45. The Hall–Kier alpha value is -1.62. The molecular weight excluding hydrogens is 228 g/mol. The van der Waals surface area contributed by atoms with E-state index < -0.39 is 0 Å². The molecule has 1 aliphatic rings. The lowest BCUT2D eigenvalue weighted by atomic mass is 10.1. The van der Waals surface area contributed by atoms with Gasteiger partial charge in [-0.05, 0) is 43.9 Å². The molecule has 0 spiro atoms. The Bertz CT molecular complexity index is 531. The molecule has 1 fully saturated rings. The number of nitrogens with zero attached hydrogens (tertiary/aromatic N) is 3. The van der Waals surface area contributed by atoms with Crippen LogP contribution in [0.3, 0.4) is 0 Å². The number of anilines is 1. The van der Waals surface area contributed by atoms with Gasteiger partial charge in [-0.15, -0.1) is 5.10 Å². The largest absolute Gasteiger partial charge is 0.376 e. The molecule has 0 aromatic carbocycles. The van der Waals surface area contributed by atoms with Crippen LogP contribution in [0.4, 0.5) is 5.95 Å². The van der Waals surface area contributed by atoms with Gasteiger partial charge in [-0.3, -0.25) is 0 Å². The second kappa shape index (κ2) is 4.94. The number of ether oxygens (including phenoxy) is 1. The van der Waals surface area contributed by atoms with Crippen LogP contribution in [0.15, 0.2) is 18.3 Å². The van der Waals surface area contributed by atoms with E-state index in [9.17, 15) is 0 Å². The number of rotatable bonds is 3. The van der Waals surface area contributed by atoms with Crippen molar-refractivity contribution < 1.29 is 4.74 Å². The summed E-state index contributed by atoms with van der Waals surface area (Å²) >= 11 is 0.